The van der Waals surface area contributed by atoms with Crippen molar-refractivity contribution >= 4 is 16.5 Å². The van der Waals surface area contributed by atoms with Gasteiger partial charge in [-0.15, -0.1) is 10.2 Å². The van der Waals surface area contributed by atoms with E-state index in [-0.39, 0.29) is 23.3 Å². The Hall–Kier alpha value is -2.74. The number of rotatable bonds is 5. The normalized spacial score (nSPS) is 26.5. The summed E-state index contributed by atoms with van der Waals surface area (Å²) in [5, 5.41) is 21.0. The molecule has 3 aromatic rings. The molecule has 0 aliphatic heterocycles. The minimum atomic E-state index is -0.803. The fraction of sp³-hybridized carbons (Fsp3) is 0.480. The number of aromatic hydroxyl groups is 1. The first-order valence-electron chi connectivity index (χ1n) is 11.7. The number of benzene rings is 1. The lowest BCUT2D eigenvalue weighted by atomic mass is 9.83. The summed E-state index contributed by atoms with van der Waals surface area (Å²) in [5.41, 5.74) is 2.00. The van der Waals surface area contributed by atoms with Crippen LogP contribution in [0.1, 0.15) is 38.5 Å². The molecule has 3 fully saturated rings. The molecule has 2 aromatic heterocycles. The van der Waals surface area contributed by atoms with Crippen molar-refractivity contribution < 1.29 is 9.50 Å². The first-order chi connectivity index (χ1) is 16.0. The van der Waals surface area contributed by atoms with Crippen molar-refractivity contribution in [1.29, 1.82) is 0 Å². The van der Waals surface area contributed by atoms with Crippen LogP contribution in [0.3, 0.4) is 0 Å². The van der Waals surface area contributed by atoms with E-state index in [0.29, 0.717) is 22.5 Å². The largest absolute Gasteiger partial charge is 0.507 e. The highest BCUT2D eigenvalue weighted by Crippen LogP contribution is 2.49. The highest BCUT2D eigenvalue weighted by Gasteiger charge is 2.48. The maximum absolute atomic E-state index is 15.4. The van der Waals surface area contributed by atoms with Crippen molar-refractivity contribution in [2.45, 2.75) is 56.8 Å². The molecular formula is C25H27FN4O2S. The molecule has 0 saturated heterocycles. The Morgan fingerprint density at radius 3 is 2.67 bits per heavy atom. The number of alkyl halides is 1. The highest BCUT2D eigenvalue weighted by molar-refractivity contribution is 7.18. The smallest absolute Gasteiger partial charge is 0.250 e. The Kier molecular flexibility index (Phi) is 5.01. The van der Waals surface area contributed by atoms with Crippen LogP contribution in [0.2, 0.25) is 0 Å². The van der Waals surface area contributed by atoms with E-state index in [4.69, 9.17) is 0 Å². The lowest BCUT2D eigenvalue weighted by Gasteiger charge is -2.39. The predicted octanol–water partition coefficient (Wildman–Crippen LogP) is 4.77. The van der Waals surface area contributed by atoms with Crippen LogP contribution in [0.25, 0.3) is 21.7 Å². The average Bonchev–Trinajstić information content (AvgIpc) is 3.37. The molecule has 2 heterocycles. The Labute approximate surface area is 195 Å². The Morgan fingerprint density at radius 2 is 1.91 bits per heavy atom. The lowest BCUT2D eigenvalue weighted by molar-refractivity contribution is 0.140. The monoisotopic (exact) mass is 466 g/mol. The lowest BCUT2D eigenvalue weighted by Crippen LogP contribution is -2.48. The number of halogens is 1. The average molecular weight is 467 g/mol. The van der Waals surface area contributed by atoms with Gasteiger partial charge < -0.3 is 14.6 Å². The molecule has 1 N–H and O–H groups in total. The van der Waals surface area contributed by atoms with Crippen molar-refractivity contribution in [3.05, 3.63) is 46.9 Å². The number of aromatic nitrogens is 3. The quantitative estimate of drug-likeness (QED) is 0.586. The van der Waals surface area contributed by atoms with Gasteiger partial charge in [-0.05, 0) is 79.7 Å². The van der Waals surface area contributed by atoms with Gasteiger partial charge in [0.25, 0.3) is 5.56 Å². The second-order valence-corrected chi connectivity index (χ2v) is 10.8. The number of hydrogen-bond donors (Lipinski definition) is 1. The molecular weight excluding hydrogens is 439 g/mol. The van der Waals surface area contributed by atoms with Gasteiger partial charge in [0.1, 0.15) is 11.9 Å². The summed E-state index contributed by atoms with van der Waals surface area (Å²) in [7, 11) is 1.70. The molecule has 2 bridgehead atoms. The van der Waals surface area contributed by atoms with Gasteiger partial charge >= 0.3 is 0 Å². The Balaban J connectivity index is 1.29. The van der Waals surface area contributed by atoms with Crippen LogP contribution < -0.4 is 10.5 Å². The zero-order chi connectivity index (χ0) is 22.7. The fourth-order valence-corrected chi connectivity index (χ4v) is 6.65. The second-order valence-electron chi connectivity index (χ2n) is 9.81. The number of hydrogen-bond acceptors (Lipinski definition) is 6. The highest BCUT2D eigenvalue weighted by atomic mass is 32.1. The summed E-state index contributed by atoms with van der Waals surface area (Å²) in [5.74, 6) is 0.911. The molecule has 0 amide bonds. The van der Waals surface area contributed by atoms with Crippen LogP contribution in [0.5, 0.6) is 5.75 Å². The molecule has 4 atom stereocenters. The third kappa shape index (κ3) is 3.74. The van der Waals surface area contributed by atoms with Crippen LogP contribution in [-0.2, 0) is 7.05 Å². The van der Waals surface area contributed by atoms with E-state index in [9.17, 15) is 9.90 Å². The minimum absolute atomic E-state index is 0.0907. The number of phenols is 1. The van der Waals surface area contributed by atoms with Crippen molar-refractivity contribution in [2.75, 3.05) is 4.90 Å². The molecule has 0 spiro atoms. The third-order valence-corrected chi connectivity index (χ3v) is 8.54. The van der Waals surface area contributed by atoms with Crippen molar-refractivity contribution in [3.63, 3.8) is 0 Å². The molecule has 3 saturated carbocycles. The van der Waals surface area contributed by atoms with Crippen LogP contribution in [0, 0.1) is 11.8 Å². The van der Waals surface area contributed by atoms with Gasteiger partial charge in [0.2, 0.25) is 5.13 Å². The van der Waals surface area contributed by atoms with E-state index in [0.717, 1.165) is 54.8 Å². The maximum atomic E-state index is 15.4. The van der Waals surface area contributed by atoms with Gasteiger partial charge in [0, 0.05) is 25.4 Å². The van der Waals surface area contributed by atoms with Gasteiger partial charge in [-0.1, -0.05) is 17.4 Å². The maximum Gasteiger partial charge on any atom is 0.250 e. The number of nitrogens with zero attached hydrogens (tertiary/aromatic N) is 4. The SMILES string of the molecule is Cn1ccc(-c2ccc(-c3nnc(N(C4CC4)[C@H]4C[C@@H]5CC[C@@H](C5)[C@H]4F)s3)c(O)c2)cc1=O. The summed E-state index contributed by atoms with van der Waals surface area (Å²) in [6, 6.07) is 8.98. The van der Waals surface area contributed by atoms with Gasteiger partial charge in [-0.2, -0.15) is 0 Å². The molecule has 1 aromatic carbocycles. The first-order valence-corrected chi connectivity index (χ1v) is 12.6. The van der Waals surface area contributed by atoms with E-state index in [2.05, 4.69) is 15.1 Å². The van der Waals surface area contributed by atoms with Crippen LogP contribution >= 0.6 is 11.3 Å². The fourth-order valence-electron chi connectivity index (χ4n) is 5.64. The number of anilines is 1. The molecule has 0 radical (unpaired) electrons. The summed E-state index contributed by atoms with van der Waals surface area (Å²) >= 11 is 1.42. The molecule has 6 rings (SSSR count). The van der Waals surface area contributed by atoms with Crippen LogP contribution in [0.15, 0.2) is 41.3 Å². The molecule has 8 heteroatoms. The van der Waals surface area contributed by atoms with Gasteiger partial charge in [-0.3, -0.25) is 4.79 Å². The standard InChI is InChI=1S/C25H27FN4O2S/c1-29-9-8-16(13-22(29)32)15-4-7-19(21(31)12-15)24-27-28-25(33-24)30(18-5-6-18)20-11-14-2-3-17(10-14)23(20)26/h4,7-9,12-14,17-18,20,23,31H,2-3,5-6,10-11H2,1H3/t14-,17+,20+,23-/m1/s1. The topological polar surface area (TPSA) is 71.2 Å². The van der Waals surface area contributed by atoms with E-state index < -0.39 is 6.17 Å². The van der Waals surface area contributed by atoms with Gasteiger partial charge in [0.15, 0.2) is 5.01 Å². The first kappa shape index (κ1) is 20.8. The number of pyridine rings is 1. The second kappa shape index (κ2) is 7.94. The number of phenolic OH excluding ortho intramolecular Hbond substituents is 1. The molecule has 172 valence electrons. The molecule has 3 aliphatic carbocycles. The molecule has 3 aliphatic rings. The van der Waals surface area contributed by atoms with E-state index >= 15 is 4.39 Å². The van der Waals surface area contributed by atoms with Crippen LogP contribution in [-0.4, -0.2) is 38.1 Å². The summed E-state index contributed by atoms with van der Waals surface area (Å²) in [6.45, 7) is 0. The third-order valence-electron chi connectivity index (χ3n) is 7.57. The summed E-state index contributed by atoms with van der Waals surface area (Å²) in [4.78, 5) is 14.2. The minimum Gasteiger partial charge on any atom is -0.507 e. The van der Waals surface area contributed by atoms with Gasteiger partial charge in [-0.25, -0.2) is 4.39 Å². The molecule has 33 heavy (non-hydrogen) atoms. The van der Waals surface area contributed by atoms with Crippen molar-refractivity contribution in [1.82, 2.24) is 14.8 Å². The summed E-state index contributed by atoms with van der Waals surface area (Å²) in [6.07, 6.45) is 7.15. The van der Waals surface area contributed by atoms with E-state index in [1.807, 2.05) is 18.2 Å². The summed E-state index contributed by atoms with van der Waals surface area (Å²) < 4.78 is 16.9. The molecule has 6 nitrogen and oxygen atoms in total. The van der Waals surface area contributed by atoms with E-state index in [1.54, 1.807) is 25.4 Å². The van der Waals surface area contributed by atoms with Gasteiger partial charge in [0.05, 0.1) is 11.6 Å². The Morgan fingerprint density at radius 1 is 1.09 bits per heavy atom. The zero-order valence-electron chi connectivity index (χ0n) is 18.5. The predicted molar refractivity (Wildman–Crippen MR) is 127 cm³/mol. The van der Waals surface area contributed by atoms with Crippen molar-refractivity contribution in [2.24, 2.45) is 18.9 Å². The zero-order valence-corrected chi connectivity index (χ0v) is 19.3. The van der Waals surface area contributed by atoms with Crippen LogP contribution in [0.4, 0.5) is 9.52 Å². The Bertz CT molecular complexity index is 1250. The van der Waals surface area contributed by atoms with Crippen molar-refractivity contribution in [3.8, 4) is 27.4 Å². The number of fused-ring (bicyclic) bond motifs is 2. The van der Waals surface area contributed by atoms with E-state index in [1.165, 1.54) is 15.9 Å². The molecule has 0 unspecified atom stereocenters. The number of aryl methyl sites for hydroxylation is 1.